The minimum absolute atomic E-state index is 0.572. The average Bonchev–Trinajstić information content (AvgIpc) is 2.82. The summed E-state index contributed by atoms with van der Waals surface area (Å²) in [6, 6.07) is 5.91. The number of hydrogen-bond acceptors (Lipinski definition) is 5. The van der Waals surface area contributed by atoms with Crippen LogP contribution >= 0.6 is 0 Å². The normalized spacial score (nSPS) is 10.9. The molecule has 3 heterocycles. The number of anilines is 3. The van der Waals surface area contributed by atoms with Crippen molar-refractivity contribution in [3.63, 3.8) is 0 Å². The van der Waals surface area contributed by atoms with E-state index in [2.05, 4.69) is 20.3 Å². The Hall–Kier alpha value is -2.63. The fourth-order valence-electron chi connectivity index (χ4n) is 2.29. The Morgan fingerprint density at radius 1 is 1.14 bits per heavy atom. The summed E-state index contributed by atoms with van der Waals surface area (Å²) in [7, 11) is 3.94. The topological polar surface area (TPSA) is 58.4 Å². The molecule has 0 saturated carbocycles. The molecule has 1 N–H and O–H groups in total. The van der Waals surface area contributed by atoms with E-state index in [0.29, 0.717) is 5.95 Å². The third-order valence-electron chi connectivity index (χ3n) is 3.22. The maximum Gasteiger partial charge on any atom is 0.230 e. The predicted octanol–water partition coefficient (Wildman–Crippen LogP) is 2.55. The van der Waals surface area contributed by atoms with Gasteiger partial charge in [0.1, 0.15) is 17.3 Å². The molecule has 3 aromatic rings. The van der Waals surface area contributed by atoms with Crippen molar-refractivity contribution >= 4 is 23.2 Å². The van der Waals surface area contributed by atoms with Gasteiger partial charge in [-0.25, -0.2) is 9.97 Å². The number of nitrogens with zero attached hydrogens (tertiary/aromatic N) is 5. The van der Waals surface area contributed by atoms with Crippen LogP contribution in [-0.4, -0.2) is 33.4 Å². The number of rotatable bonds is 3. The van der Waals surface area contributed by atoms with Crippen LogP contribution in [0.2, 0.25) is 0 Å². The molecule has 0 saturated heterocycles. The highest BCUT2D eigenvalue weighted by molar-refractivity contribution is 5.58. The van der Waals surface area contributed by atoms with Crippen molar-refractivity contribution < 1.29 is 0 Å². The molecular weight excluding hydrogens is 264 g/mol. The van der Waals surface area contributed by atoms with Gasteiger partial charge in [-0.1, -0.05) is 6.07 Å². The van der Waals surface area contributed by atoms with E-state index in [4.69, 9.17) is 0 Å². The second-order valence-electron chi connectivity index (χ2n) is 5.24. The van der Waals surface area contributed by atoms with Crippen LogP contribution in [0.3, 0.4) is 0 Å². The van der Waals surface area contributed by atoms with Crippen LogP contribution in [0.25, 0.3) is 5.65 Å². The Bertz CT molecular complexity index is 790. The second-order valence-corrected chi connectivity index (χ2v) is 5.24. The third-order valence-corrected chi connectivity index (χ3v) is 3.22. The summed E-state index contributed by atoms with van der Waals surface area (Å²) >= 11 is 0. The molecule has 0 aromatic carbocycles. The number of aromatic nitrogens is 4. The lowest BCUT2D eigenvalue weighted by molar-refractivity contribution is 1.01. The van der Waals surface area contributed by atoms with Gasteiger partial charge in [0.05, 0.1) is 5.69 Å². The maximum absolute atomic E-state index is 4.55. The summed E-state index contributed by atoms with van der Waals surface area (Å²) in [4.78, 5) is 15.3. The molecule has 0 spiro atoms. The molecule has 0 fully saturated rings. The van der Waals surface area contributed by atoms with Crippen molar-refractivity contribution in [1.82, 2.24) is 19.4 Å². The largest absolute Gasteiger partial charge is 0.362 e. The standard InChI is InChI=1S/C15H18N6/c1-10-8-16-15(19-14(10)20(3)4)18-13-7-5-6-12-17-11(2)9-21(12)13/h5-9H,1-4H3,(H,16,18,19). The highest BCUT2D eigenvalue weighted by Crippen LogP contribution is 2.19. The lowest BCUT2D eigenvalue weighted by Gasteiger charge is -2.15. The van der Waals surface area contributed by atoms with Gasteiger partial charge in [-0.3, -0.25) is 4.40 Å². The number of pyridine rings is 1. The van der Waals surface area contributed by atoms with Crippen LogP contribution in [0.15, 0.2) is 30.6 Å². The molecule has 6 nitrogen and oxygen atoms in total. The molecule has 0 radical (unpaired) electrons. The molecule has 21 heavy (non-hydrogen) atoms. The SMILES string of the molecule is Cc1cn2c(Nc3ncc(C)c(N(C)C)n3)cccc2n1. The molecule has 6 heteroatoms. The van der Waals surface area contributed by atoms with E-state index in [-0.39, 0.29) is 0 Å². The third kappa shape index (κ3) is 2.52. The van der Waals surface area contributed by atoms with E-state index >= 15 is 0 Å². The molecule has 0 bridgehead atoms. The first kappa shape index (κ1) is 13.4. The lowest BCUT2D eigenvalue weighted by atomic mass is 10.3. The van der Waals surface area contributed by atoms with Crippen LogP contribution in [-0.2, 0) is 0 Å². The number of hydrogen-bond donors (Lipinski definition) is 1. The van der Waals surface area contributed by atoms with E-state index in [1.807, 2.05) is 67.8 Å². The van der Waals surface area contributed by atoms with Crippen LogP contribution in [0, 0.1) is 13.8 Å². The van der Waals surface area contributed by atoms with E-state index in [1.165, 1.54) is 0 Å². The summed E-state index contributed by atoms with van der Waals surface area (Å²) in [5, 5.41) is 3.26. The molecule has 0 amide bonds. The predicted molar refractivity (Wildman–Crippen MR) is 84.3 cm³/mol. The van der Waals surface area contributed by atoms with Gasteiger partial charge in [0.15, 0.2) is 0 Å². The summed E-state index contributed by atoms with van der Waals surface area (Å²) in [5.41, 5.74) is 2.92. The zero-order valence-electron chi connectivity index (χ0n) is 12.6. The summed E-state index contributed by atoms with van der Waals surface area (Å²) < 4.78 is 1.99. The second kappa shape index (κ2) is 5.05. The molecule has 0 unspecified atom stereocenters. The summed E-state index contributed by atoms with van der Waals surface area (Å²) in [5.74, 6) is 2.37. The molecule has 0 atom stereocenters. The van der Waals surface area contributed by atoms with Gasteiger partial charge in [0, 0.05) is 32.1 Å². The quantitative estimate of drug-likeness (QED) is 0.800. The van der Waals surface area contributed by atoms with Crippen LogP contribution < -0.4 is 10.2 Å². The number of imidazole rings is 1. The lowest BCUT2D eigenvalue weighted by Crippen LogP contribution is -2.14. The molecular formula is C15H18N6. The maximum atomic E-state index is 4.55. The first-order valence-corrected chi connectivity index (χ1v) is 6.77. The van der Waals surface area contributed by atoms with Crippen molar-refractivity contribution in [3.8, 4) is 0 Å². The Morgan fingerprint density at radius 3 is 2.71 bits per heavy atom. The Kier molecular flexibility index (Phi) is 3.21. The van der Waals surface area contributed by atoms with Crippen LogP contribution in [0.5, 0.6) is 0 Å². The van der Waals surface area contributed by atoms with Crippen LogP contribution in [0.4, 0.5) is 17.6 Å². The zero-order chi connectivity index (χ0) is 15.0. The molecule has 0 aliphatic carbocycles. The van der Waals surface area contributed by atoms with E-state index in [0.717, 1.165) is 28.5 Å². The zero-order valence-corrected chi connectivity index (χ0v) is 12.6. The molecule has 3 rings (SSSR count). The number of nitrogens with one attached hydrogen (secondary N) is 1. The van der Waals surface area contributed by atoms with Crippen molar-refractivity contribution in [2.24, 2.45) is 0 Å². The minimum atomic E-state index is 0.572. The van der Waals surface area contributed by atoms with E-state index in [9.17, 15) is 0 Å². The van der Waals surface area contributed by atoms with Crippen LogP contribution in [0.1, 0.15) is 11.3 Å². The number of fused-ring (bicyclic) bond motifs is 1. The summed E-state index contributed by atoms with van der Waals surface area (Å²) in [6.07, 6.45) is 3.81. The van der Waals surface area contributed by atoms with Gasteiger partial charge in [-0.2, -0.15) is 4.98 Å². The molecule has 3 aromatic heterocycles. The van der Waals surface area contributed by atoms with Crippen molar-refractivity contribution in [2.75, 3.05) is 24.3 Å². The number of aryl methyl sites for hydroxylation is 2. The molecule has 0 aliphatic rings. The highest BCUT2D eigenvalue weighted by Gasteiger charge is 2.08. The average molecular weight is 282 g/mol. The first-order chi connectivity index (χ1) is 10.0. The van der Waals surface area contributed by atoms with Gasteiger partial charge in [0.2, 0.25) is 5.95 Å². The van der Waals surface area contributed by atoms with E-state index in [1.54, 1.807) is 0 Å². The molecule has 108 valence electrons. The van der Waals surface area contributed by atoms with Crippen molar-refractivity contribution in [3.05, 3.63) is 41.9 Å². The first-order valence-electron chi connectivity index (χ1n) is 6.77. The fraction of sp³-hybridized carbons (Fsp3) is 0.267. The Labute approximate surface area is 123 Å². The smallest absolute Gasteiger partial charge is 0.230 e. The Balaban J connectivity index is 2.00. The Morgan fingerprint density at radius 2 is 1.95 bits per heavy atom. The highest BCUT2D eigenvalue weighted by atomic mass is 15.2. The fourth-order valence-corrected chi connectivity index (χ4v) is 2.29. The molecule has 0 aliphatic heterocycles. The summed E-state index contributed by atoms with van der Waals surface area (Å²) in [6.45, 7) is 3.97. The van der Waals surface area contributed by atoms with Gasteiger partial charge < -0.3 is 10.2 Å². The van der Waals surface area contributed by atoms with Gasteiger partial charge in [-0.15, -0.1) is 0 Å². The van der Waals surface area contributed by atoms with Gasteiger partial charge in [-0.05, 0) is 26.0 Å². The van der Waals surface area contributed by atoms with Crippen molar-refractivity contribution in [2.45, 2.75) is 13.8 Å². The van der Waals surface area contributed by atoms with Crippen molar-refractivity contribution in [1.29, 1.82) is 0 Å². The van der Waals surface area contributed by atoms with Gasteiger partial charge in [0.25, 0.3) is 0 Å². The minimum Gasteiger partial charge on any atom is -0.362 e. The van der Waals surface area contributed by atoms with E-state index < -0.39 is 0 Å². The van der Waals surface area contributed by atoms with Gasteiger partial charge >= 0.3 is 0 Å². The monoisotopic (exact) mass is 282 g/mol.